The molecule has 0 atom stereocenters. The van der Waals surface area contributed by atoms with Crippen molar-refractivity contribution in [3.05, 3.63) is 66.5 Å². The van der Waals surface area contributed by atoms with Gasteiger partial charge in [0.1, 0.15) is 5.82 Å². The maximum atomic E-state index is 4.75. The highest BCUT2D eigenvalue weighted by atomic mass is 32.2. The average molecular weight is 490 g/mol. The Hall–Kier alpha value is -3.50. The number of nitrogens with one attached hydrogen (secondary N) is 2. The number of likely N-dealkylation sites (N-methyl/N-ethyl adjacent to an activating group) is 1. The molecule has 1 aliphatic rings. The fraction of sp³-hybridized carbons (Fsp3) is 0.320. The molecule has 182 valence electrons. The number of piperazine rings is 1. The summed E-state index contributed by atoms with van der Waals surface area (Å²) in [5.41, 5.74) is 5.02. The average Bonchev–Trinajstić information content (AvgIpc) is 3.31. The fourth-order valence-electron chi connectivity index (χ4n) is 4.18. The van der Waals surface area contributed by atoms with Crippen LogP contribution >= 0.6 is 11.9 Å². The molecule has 1 aromatic carbocycles. The third kappa shape index (κ3) is 5.28. The van der Waals surface area contributed by atoms with E-state index in [1.54, 1.807) is 16.5 Å². The van der Waals surface area contributed by atoms with Crippen LogP contribution in [0.25, 0.3) is 5.65 Å². The number of pyridine rings is 2. The number of hydrogen-bond acceptors (Lipinski definition) is 9. The van der Waals surface area contributed by atoms with Gasteiger partial charge in [0.25, 0.3) is 0 Å². The van der Waals surface area contributed by atoms with Gasteiger partial charge in [-0.05, 0) is 49.5 Å². The van der Waals surface area contributed by atoms with Crippen LogP contribution in [0.2, 0.25) is 0 Å². The van der Waals surface area contributed by atoms with E-state index in [-0.39, 0.29) is 0 Å². The SMILES string of the molecule is CSN(C)c1ncccc1CNc1cccn2nc(Nc3ccc(N4CCN(C)CC4)cc3)nc12. The summed E-state index contributed by atoms with van der Waals surface area (Å²) >= 11 is 1.63. The summed E-state index contributed by atoms with van der Waals surface area (Å²) in [5.74, 6) is 1.51. The van der Waals surface area contributed by atoms with Crippen molar-refractivity contribution in [1.29, 1.82) is 0 Å². The van der Waals surface area contributed by atoms with Gasteiger partial charge in [-0.3, -0.25) is 0 Å². The number of anilines is 5. The maximum Gasteiger partial charge on any atom is 0.247 e. The van der Waals surface area contributed by atoms with Crippen LogP contribution in [0.3, 0.4) is 0 Å². The van der Waals surface area contributed by atoms with Crippen molar-refractivity contribution >= 4 is 46.4 Å². The highest BCUT2D eigenvalue weighted by Crippen LogP contribution is 2.25. The minimum atomic E-state index is 0.566. The summed E-state index contributed by atoms with van der Waals surface area (Å²) in [5, 5.41) is 11.5. The molecule has 10 heteroatoms. The molecule has 0 spiro atoms. The predicted molar refractivity (Wildman–Crippen MR) is 146 cm³/mol. The van der Waals surface area contributed by atoms with Crippen LogP contribution in [0.4, 0.5) is 28.8 Å². The summed E-state index contributed by atoms with van der Waals surface area (Å²) in [6, 6.07) is 16.5. The molecule has 0 aliphatic carbocycles. The van der Waals surface area contributed by atoms with E-state index in [1.807, 2.05) is 43.9 Å². The molecule has 4 aromatic rings. The number of hydrogen-bond donors (Lipinski definition) is 2. The first-order chi connectivity index (χ1) is 17.1. The standard InChI is InChI=1S/C25H31N9S/c1-31-14-16-33(17-15-31)21-10-8-20(9-11-21)28-25-29-24-22(7-5-13-34(24)30-25)27-18-19-6-4-12-26-23(19)32(2)35-3/h4-13,27H,14-18H2,1-3H3,(H,28,30). The number of nitrogens with zero attached hydrogens (tertiary/aromatic N) is 7. The molecular weight excluding hydrogens is 458 g/mol. The molecule has 4 heterocycles. The summed E-state index contributed by atoms with van der Waals surface area (Å²) in [4.78, 5) is 14.1. The lowest BCUT2D eigenvalue weighted by molar-refractivity contribution is 0.313. The largest absolute Gasteiger partial charge is 0.378 e. The molecule has 0 amide bonds. The lowest BCUT2D eigenvalue weighted by Crippen LogP contribution is -2.44. The number of aromatic nitrogens is 4. The van der Waals surface area contributed by atoms with Crippen LogP contribution in [-0.2, 0) is 6.54 Å². The zero-order valence-electron chi connectivity index (χ0n) is 20.3. The quantitative estimate of drug-likeness (QED) is 0.358. The predicted octanol–water partition coefficient (Wildman–Crippen LogP) is 3.95. The van der Waals surface area contributed by atoms with Crippen molar-refractivity contribution < 1.29 is 0 Å². The van der Waals surface area contributed by atoms with E-state index in [0.29, 0.717) is 12.5 Å². The van der Waals surface area contributed by atoms with Gasteiger partial charge in [-0.2, -0.15) is 4.98 Å². The normalized spacial score (nSPS) is 14.3. The second kappa shape index (κ2) is 10.4. The van der Waals surface area contributed by atoms with Crippen molar-refractivity contribution in [3.8, 4) is 0 Å². The third-order valence-electron chi connectivity index (χ3n) is 6.26. The minimum absolute atomic E-state index is 0.566. The lowest BCUT2D eigenvalue weighted by atomic mass is 10.2. The highest BCUT2D eigenvalue weighted by Gasteiger charge is 2.15. The number of rotatable bonds is 8. The van der Waals surface area contributed by atoms with E-state index >= 15 is 0 Å². The molecule has 0 bridgehead atoms. The monoisotopic (exact) mass is 489 g/mol. The van der Waals surface area contributed by atoms with Gasteiger partial charge in [0.2, 0.25) is 5.95 Å². The molecule has 0 saturated carbocycles. The van der Waals surface area contributed by atoms with Crippen molar-refractivity contribution in [2.45, 2.75) is 6.54 Å². The van der Waals surface area contributed by atoms with Crippen molar-refractivity contribution in [3.63, 3.8) is 0 Å². The molecule has 5 rings (SSSR count). The van der Waals surface area contributed by atoms with Crippen LogP contribution in [0, 0.1) is 0 Å². The maximum absolute atomic E-state index is 4.75. The van der Waals surface area contributed by atoms with E-state index in [2.05, 4.69) is 72.2 Å². The second-order valence-corrected chi connectivity index (χ2v) is 9.52. The lowest BCUT2D eigenvalue weighted by Gasteiger charge is -2.34. The summed E-state index contributed by atoms with van der Waals surface area (Å²) < 4.78 is 3.85. The highest BCUT2D eigenvalue weighted by molar-refractivity contribution is 7.99. The van der Waals surface area contributed by atoms with Crippen LogP contribution in [-0.4, -0.2) is 71.0 Å². The Morgan fingerprint density at radius 2 is 1.83 bits per heavy atom. The van der Waals surface area contributed by atoms with Crippen molar-refractivity contribution in [2.24, 2.45) is 0 Å². The molecule has 0 radical (unpaired) electrons. The van der Waals surface area contributed by atoms with Gasteiger partial charge < -0.3 is 24.7 Å². The van der Waals surface area contributed by atoms with Crippen molar-refractivity contribution in [2.75, 3.05) is 66.4 Å². The molecule has 1 fully saturated rings. The molecule has 1 saturated heterocycles. The molecular formula is C25H31N9S. The molecule has 3 aromatic heterocycles. The van der Waals surface area contributed by atoms with E-state index in [1.165, 1.54) is 5.69 Å². The Kier molecular flexibility index (Phi) is 6.91. The summed E-state index contributed by atoms with van der Waals surface area (Å²) in [6.45, 7) is 4.94. The zero-order valence-corrected chi connectivity index (χ0v) is 21.2. The first-order valence-corrected chi connectivity index (χ1v) is 12.9. The van der Waals surface area contributed by atoms with E-state index < -0.39 is 0 Å². The first-order valence-electron chi connectivity index (χ1n) is 11.7. The molecule has 0 unspecified atom stereocenters. The molecule has 2 N–H and O–H groups in total. The Labute approximate surface area is 210 Å². The Morgan fingerprint density at radius 3 is 2.60 bits per heavy atom. The second-order valence-electron chi connectivity index (χ2n) is 8.61. The van der Waals surface area contributed by atoms with Gasteiger partial charge in [-0.1, -0.05) is 18.0 Å². The van der Waals surface area contributed by atoms with Crippen molar-refractivity contribution in [1.82, 2.24) is 24.5 Å². The number of benzene rings is 1. The van der Waals surface area contributed by atoms with Crippen LogP contribution < -0.4 is 19.8 Å². The smallest absolute Gasteiger partial charge is 0.247 e. The first kappa shape index (κ1) is 23.3. The van der Waals surface area contributed by atoms with Gasteiger partial charge in [0, 0.05) is 75.4 Å². The van der Waals surface area contributed by atoms with Crippen LogP contribution in [0.1, 0.15) is 5.56 Å². The minimum Gasteiger partial charge on any atom is -0.378 e. The van der Waals surface area contributed by atoms with Crippen LogP contribution in [0.5, 0.6) is 0 Å². The third-order valence-corrected chi connectivity index (χ3v) is 6.98. The van der Waals surface area contributed by atoms with Gasteiger partial charge in [0.05, 0.1) is 5.69 Å². The van der Waals surface area contributed by atoms with Gasteiger partial charge >= 0.3 is 0 Å². The number of fused-ring (bicyclic) bond motifs is 1. The molecule has 9 nitrogen and oxygen atoms in total. The molecule has 1 aliphatic heterocycles. The Balaban J connectivity index is 1.29. The summed E-state index contributed by atoms with van der Waals surface area (Å²) in [7, 11) is 4.19. The Morgan fingerprint density at radius 1 is 1.03 bits per heavy atom. The molecule has 35 heavy (non-hydrogen) atoms. The van der Waals surface area contributed by atoms with E-state index in [4.69, 9.17) is 4.98 Å². The van der Waals surface area contributed by atoms with Crippen LogP contribution in [0.15, 0.2) is 60.9 Å². The fourth-order valence-corrected chi connectivity index (χ4v) is 4.51. The summed E-state index contributed by atoms with van der Waals surface area (Å²) in [6.07, 6.45) is 5.77. The topological polar surface area (TPSA) is 76.9 Å². The zero-order chi connectivity index (χ0) is 24.2. The van der Waals surface area contributed by atoms with Gasteiger partial charge in [-0.25, -0.2) is 9.50 Å². The van der Waals surface area contributed by atoms with Gasteiger partial charge in [-0.15, -0.1) is 5.10 Å². The Bertz CT molecular complexity index is 1270. The van der Waals surface area contributed by atoms with E-state index in [9.17, 15) is 0 Å². The van der Waals surface area contributed by atoms with E-state index in [0.717, 1.165) is 54.6 Å². The van der Waals surface area contributed by atoms with Gasteiger partial charge in [0.15, 0.2) is 5.65 Å².